The van der Waals surface area contributed by atoms with Crippen LogP contribution >= 0.6 is 11.6 Å². The van der Waals surface area contributed by atoms with Gasteiger partial charge in [-0.15, -0.1) is 11.6 Å². The minimum atomic E-state index is -1.60. The van der Waals surface area contributed by atoms with Gasteiger partial charge in [-0.05, 0) is 38.8 Å². The zero-order valence-electron chi connectivity index (χ0n) is 17.7. The van der Waals surface area contributed by atoms with E-state index in [9.17, 15) is 24.9 Å². The highest BCUT2D eigenvalue weighted by Crippen LogP contribution is 2.50. The van der Waals surface area contributed by atoms with Gasteiger partial charge in [-0.2, -0.15) is 0 Å². The van der Waals surface area contributed by atoms with Crippen molar-refractivity contribution in [1.29, 1.82) is 0 Å². The molecule has 0 amide bonds. The van der Waals surface area contributed by atoms with E-state index in [0.29, 0.717) is 12.0 Å². The van der Waals surface area contributed by atoms with Crippen LogP contribution in [0.4, 0.5) is 0 Å². The molecular weight excluding hydrogens is 420 g/mol. The maximum atomic E-state index is 13.8. The molecule has 7 heteroatoms. The Morgan fingerprint density at radius 1 is 1.23 bits per heavy atom. The van der Waals surface area contributed by atoms with Crippen LogP contribution in [0.5, 0.6) is 11.5 Å². The first-order valence-corrected chi connectivity index (χ1v) is 10.6. The standard InChI is InChI=1S/C24H25ClO6/c1-12-4-5-13(11-26)8-14-17(27)9-15-19(20(14)28)21(29)16-10-18(25)23(2,3)31-24(16,7-6-12)22(15)30/h5-6,9-10,18,26-28H,4,7-8,11H2,1-3H3/t18-,24-/m1/s1. The first-order valence-electron chi connectivity index (χ1n) is 10.2. The van der Waals surface area contributed by atoms with Crippen molar-refractivity contribution in [3.8, 4) is 11.5 Å². The molecule has 4 bridgehead atoms. The monoisotopic (exact) mass is 444 g/mol. The molecule has 1 aliphatic heterocycles. The third-order valence-electron chi connectivity index (χ3n) is 6.37. The molecule has 3 N–H and O–H groups in total. The van der Waals surface area contributed by atoms with Gasteiger partial charge in [0.25, 0.3) is 0 Å². The third kappa shape index (κ3) is 3.25. The van der Waals surface area contributed by atoms with Crippen molar-refractivity contribution >= 4 is 23.2 Å². The number of carbonyl (C=O) groups excluding carboxylic acids is 2. The first kappa shape index (κ1) is 21.8. The number of aromatic hydroxyl groups is 2. The van der Waals surface area contributed by atoms with Crippen molar-refractivity contribution in [2.75, 3.05) is 6.61 Å². The smallest absolute Gasteiger partial charge is 0.200 e. The third-order valence-corrected chi connectivity index (χ3v) is 7.02. The number of phenols is 2. The Kier molecular flexibility index (Phi) is 5.16. The number of carbonyl (C=O) groups is 2. The van der Waals surface area contributed by atoms with Crippen LogP contribution in [0.1, 0.15) is 59.9 Å². The molecule has 1 heterocycles. The molecule has 0 unspecified atom stereocenters. The fraction of sp³-hybridized carbons (Fsp3) is 0.417. The summed E-state index contributed by atoms with van der Waals surface area (Å²) in [5.41, 5.74) is -1.06. The van der Waals surface area contributed by atoms with Crippen LogP contribution < -0.4 is 0 Å². The van der Waals surface area contributed by atoms with E-state index in [1.54, 1.807) is 19.9 Å². The van der Waals surface area contributed by atoms with E-state index in [1.165, 1.54) is 6.07 Å². The predicted octanol–water partition coefficient (Wildman–Crippen LogP) is 3.76. The van der Waals surface area contributed by atoms with E-state index in [1.807, 2.05) is 19.1 Å². The number of benzene rings is 1. The summed E-state index contributed by atoms with van der Waals surface area (Å²) in [6.07, 6.45) is 5.88. The molecule has 6 rings (SSSR count). The maximum Gasteiger partial charge on any atom is 0.200 e. The molecule has 0 fully saturated rings. The number of ether oxygens (including phenoxy) is 1. The van der Waals surface area contributed by atoms with Gasteiger partial charge >= 0.3 is 0 Å². The van der Waals surface area contributed by atoms with Gasteiger partial charge in [0.2, 0.25) is 5.78 Å². The molecule has 2 atom stereocenters. The molecule has 164 valence electrons. The molecule has 0 saturated heterocycles. The van der Waals surface area contributed by atoms with Crippen molar-refractivity contribution < 1.29 is 29.6 Å². The molecular formula is C24H25ClO6. The molecule has 1 aromatic rings. The van der Waals surface area contributed by atoms with Crippen LogP contribution in [0.2, 0.25) is 0 Å². The minimum absolute atomic E-state index is 0.0437. The van der Waals surface area contributed by atoms with Crippen LogP contribution in [-0.2, 0) is 11.2 Å². The number of fused-ring (bicyclic) bond motifs is 1. The van der Waals surface area contributed by atoms with Crippen molar-refractivity contribution in [1.82, 2.24) is 0 Å². The molecule has 1 aromatic carbocycles. The zero-order valence-corrected chi connectivity index (χ0v) is 18.4. The van der Waals surface area contributed by atoms with Crippen LogP contribution in [0.15, 0.2) is 41.0 Å². The van der Waals surface area contributed by atoms with Gasteiger partial charge < -0.3 is 20.1 Å². The second-order valence-electron chi connectivity index (χ2n) is 8.97. The van der Waals surface area contributed by atoms with Gasteiger partial charge in [0.05, 0.1) is 23.1 Å². The number of phenolic OH excluding ortho intramolecular Hbond substituents is 2. The Balaban J connectivity index is 2.07. The topological polar surface area (TPSA) is 104 Å². The Morgan fingerprint density at radius 2 is 1.94 bits per heavy atom. The Bertz CT molecular complexity index is 1090. The molecule has 4 aliphatic carbocycles. The van der Waals surface area contributed by atoms with Gasteiger partial charge in [0, 0.05) is 29.5 Å². The highest BCUT2D eigenvalue weighted by Gasteiger charge is 2.57. The Hall–Kier alpha value is -2.41. The molecule has 1 spiro atoms. The second kappa shape index (κ2) is 7.33. The highest BCUT2D eigenvalue weighted by molar-refractivity contribution is 6.30. The number of hydrogen-bond donors (Lipinski definition) is 3. The summed E-state index contributed by atoms with van der Waals surface area (Å²) in [6, 6.07) is 1.22. The second-order valence-corrected chi connectivity index (χ2v) is 9.44. The van der Waals surface area contributed by atoms with Gasteiger partial charge in [0.15, 0.2) is 11.4 Å². The molecule has 31 heavy (non-hydrogen) atoms. The van der Waals surface area contributed by atoms with Crippen LogP contribution in [-0.4, -0.2) is 50.1 Å². The lowest BCUT2D eigenvalue weighted by Crippen LogP contribution is -2.58. The van der Waals surface area contributed by atoms with Crippen LogP contribution in [0.3, 0.4) is 0 Å². The van der Waals surface area contributed by atoms with E-state index in [-0.39, 0.29) is 47.5 Å². The number of ketones is 2. The van der Waals surface area contributed by atoms with E-state index < -0.39 is 33.9 Å². The maximum absolute atomic E-state index is 13.8. The Morgan fingerprint density at radius 3 is 2.61 bits per heavy atom. The van der Waals surface area contributed by atoms with Crippen LogP contribution in [0.25, 0.3) is 0 Å². The lowest BCUT2D eigenvalue weighted by Gasteiger charge is -2.48. The largest absolute Gasteiger partial charge is 0.507 e. The van der Waals surface area contributed by atoms with Gasteiger partial charge in [-0.1, -0.05) is 23.8 Å². The summed E-state index contributed by atoms with van der Waals surface area (Å²) in [5.74, 6) is -1.81. The summed E-state index contributed by atoms with van der Waals surface area (Å²) in [6.45, 7) is 5.14. The van der Waals surface area contributed by atoms with Crippen molar-refractivity contribution in [3.05, 3.63) is 57.7 Å². The van der Waals surface area contributed by atoms with E-state index in [4.69, 9.17) is 16.3 Å². The fourth-order valence-electron chi connectivity index (χ4n) is 4.47. The summed E-state index contributed by atoms with van der Waals surface area (Å²) < 4.78 is 6.28. The fourth-order valence-corrected chi connectivity index (χ4v) is 4.64. The zero-order chi connectivity index (χ0) is 22.7. The number of Topliss-reactive ketones (excluding diaryl/α,β-unsaturated/α-hetero) is 2. The average molecular weight is 445 g/mol. The molecule has 0 radical (unpaired) electrons. The van der Waals surface area contributed by atoms with E-state index >= 15 is 0 Å². The van der Waals surface area contributed by atoms with Crippen molar-refractivity contribution in [2.24, 2.45) is 0 Å². The number of aliphatic hydroxyl groups excluding tert-OH is 1. The minimum Gasteiger partial charge on any atom is -0.507 e. The number of allylic oxidation sites excluding steroid dienone is 2. The van der Waals surface area contributed by atoms with Crippen LogP contribution in [0, 0.1) is 0 Å². The highest BCUT2D eigenvalue weighted by atomic mass is 35.5. The number of alkyl halides is 1. The SMILES string of the molecule is CC1=CC[C@@]23OC(C)(C)[C@H](Cl)C=C2C(=O)c2c(cc(O)c(c2O)CC(CO)=CC1)C3=O. The van der Waals surface area contributed by atoms with Gasteiger partial charge in [0.1, 0.15) is 11.5 Å². The van der Waals surface area contributed by atoms with Gasteiger partial charge in [-0.25, -0.2) is 0 Å². The normalized spacial score (nSPS) is 27.5. The quantitative estimate of drug-likeness (QED) is 0.450. The average Bonchev–Trinajstić information content (AvgIpc) is 2.71. The summed E-state index contributed by atoms with van der Waals surface area (Å²) in [7, 11) is 0. The molecule has 5 aliphatic rings. The first-order chi connectivity index (χ1) is 14.5. The lowest BCUT2D eigenvalue weighted by molar-refractivity contribution is -0.103. The number of halogens is 1. The van der Waals surface area contributed by atoms with Crippen molar-refractivity contribution in [3.63, 3.8) is 0 Å². The Labute approximate surface area is 185 Å². The number of rotatable bonds is 1. The predicted molar refractivity (Wildman–Crippen MR) is 116 cm³/mol. The summed E-state index contributed by atoms with van der Waals surface area (Å²) in [5, 5.41) is 30.6. The van der Waals surface area contributed by atoms with Gasteiger partial charge in [-0.3, -0.25) is 9.59 Å². The number of hydrogen-bond acceptors (Lipinski definition) is 6. The number of aliphatic hydroxyl groups is 1. The van der Waals surface area contributed by atoms with E-state index in [2.05, 4.69) is 0 Å². The molecule has 0 aromatic heterocycles. The molecule has 0 saturated carbocycles. The summed E-state index contributed by atoms with van der Waals surface area (Å²) >= 11 is 6.47. The van der Waals surface area contributed by atoms with Crippen molar-refractivity contribution in [2.45, 2.75) is 56.6 Å². The van der Waals surface area contributed by atoms with E-state index in [0.717, 1.165) is 5.57 Å². The lowest BCUT2D eigenvalue weighted by atomic mass is 9.69. The molecule has 6 nitrogen and oxygen atoms in total. The summed E-state index contributed by atoms with van der Waals surface area (Å²) in [4.78, 5) is 27.4.